The molecule has 4 aromatic heterocycles. The van der Waals surface area contributed by atoms with Crippen LogP contribution in [0.2, 0.25) is 0 Å². The van der Waals surface area contributed by atoms with Crippen LogP contribution in [0, 0.1) is 26.6 Å². The van der Waals surface area contributed by atoms with Gasteiger partial charge in [-0.25, -0.2) is 24.3 Å². The van der Waals surface area contributed by atoms with E-state index in [2.05, 4.69) is 132 Å². The first kappa shape index (κ1) is 66.5. The number of hydrogen-bond acceptors (Lipinski definition) is 12. The van der Waals surface area contributed by atoms with Crippen LogP contribution in [0.15, 0.2) is 258 Å². The summed E-state index contributed by atoms with van der Waals surface area (Å²) in [5, 5.41) is 2.50. The van der Waals surface area contributed by atoms with Gasteiger partial charge < -0.3 is 19.9 Å². The summed E-state index contributed by atoms with van der Waals surface area (Å²) in [7, 11) is 0. The Kier molecular flexibility index (Phi) is 20.6. The van der Waals surface area contributed by atoms with E-state index in [4.69, 9.17) is 15.0 Å². The van der Waals surface area contributed by atoms with Crippen molar-refractivity contribution in [2.24, 2.45) is 20.0 Å². The van der Waals surface area contributed by atoms with Gasteiger partial charge in [0.2, 0.25) is 0 Å². The zero-order valence-electron chi connectivity index (χ0n) is 55.9. The molecule has 12 aromatic rings. The Hall–Kier alpha value is -12.1. The molecule has 4 aliphatic rings. The Balaban J connectivity index is 0.000000119. The molecule has 0 atom stereocenters. The van der Waals surface area contributed by atoms with Crippen LogP contribution < -0.4 is 22.2 Å². The average Bonchev–Trinajstić information content (AvgIpc) is 1.17. The minimum Gasteiger partial charge on any atom is -0.310 e. The van der Waals surface area contributed by atoms with Crippen LogP contribution in [0.1, 0.15) is 114 Å². The van der Waals surface area contributed by atoms with Crippen molar-refractivity contribution in [3.8, 4) is 0 Å². The fourth-order valence-corrected chi connectivity index (χ4v) is 12.5. The van der Waals surface area contributed by atoms with E-state index in [9.17, 15) is 23.6 Å². The van der Waals surface area contributed by atoms with Crippen molar-refractivity contribution >= 4 is 89.2 Å². The maximum Gasteiger partial charge on any atom is 0.258 e. The van der Waals surface area contributed by atoms with E-state index in [-0.39, 0.29) is 28.1 Å². The van der Waals surface area contributed by atoms with E-state index < -0.39 is 0 Å². The second-order valence-electron chi connectivity index (χ2n) is 25.0. The molecule has 8 heterocycles. The number of aromatic nitrogens is 8. The zero-order valence-corrected chi connectivity index (χ0v) is 55.9. The van der Waals surface area contributed by atoms with Crippen LogP contribution in [0.3, 0.4) is 0 Å². The first-order chi connectivity index (χ1) is 48.8. The summed E-state index contributed by atoms with van der Waals surface area (Å²) in [6.07, 6.45) is 17.7. The number of para-hydroxylation sites is 4. The van der Waals surface area contributed by atoms with Crippen LogP contribution in [0.5, 0.6) is 0 Å². The molecule has 0 spiro atoms. The Bertz CT molecular complexity index is 5440. The molecular formula is C83H73FN12O4. The molecule has 16 rings (SSSR count). The number of aryl methyl sites for hydroxylation is 7. The second kappa shape index (κ2) is 31.0. The molecule has 0 fully saturated rings. The van der Waals surface area contributed by atoms with E-state index in [1.807, 2.05) is 103 Å². The summed E-state index contributed by atoms with van der Waals surface area (Å²) in [4.78, 5) is 97.1. The summed E-state index contributed by atoms with van der Waals surface area (Å²) in [6, 6.07) is 60.9. The van der Waals surface area contributed by atoms with Gasteiger partial charge in [0, 0.05) is 90.9 Å². The van der Waals surface area contributed by atoms with Gasteiger partial charge in [-0.2, -0.15) is 0 Å². The lowest BCUT2D eigenvalue weighted by Gasteiger charge is -2.04. The predicted molar refractivity (Wildman–Crippen MR) is 403 cm³/mol. The quantitative estimate of drug-likeness (QED) is 0.0725. The van der Waals surface area contributed by atoms with E-state index in [1.54, 1.807) is 36.4 Å². The van der Waals surface area contributed by atoms with E-state index >= 15 is 0 Å². The zero-order chi connectivity index (χ0) is 68.9. The van der Waals surface area contributed by atoms with Gasteiger partial charge in [-0.1, -0.05) is 145 Å². The van der Waals surface area contributed by atoms with Crippen molar-refractivity contribution in [1.29, 1.82) is 0 Å². The largest absolute Gasteiger partial charge is 0.310 e. The predicted octanol–water partition coefficient (Wildman–Crippen LogP) is 16.0. The minimum absolute atomic E-state index is 0.0762. The number of benzene rings is 8. The number of halogens is 1. The molecule has 496 valence electrons. The monoisotopic (exact) mass is 1320 g/mol. The standard InChI is InChI=1S/3C21H19N3O.C20H16FN3O/c1-14-5-4-6-15(13-14)18-11-9-16(22-18)10-12-20-23-19-8-3-2-7-17(19)21(25)24-20;2*1-14-6-2-3-7-16(14)19-12-10-15(22-19)11-13-20-23-18-9-5-4-8-17(18)21(25)24-20;21-14-7-5-13(6-8-14)17-11-9-15(22-17)10-12-19-23-18-4-2-1-3-16(18)20(25)24-19/h2-8,11,13H,9-10,12H2,1H3,(H,23,24,25);2*2-9,12H,10-11,13H2,1H3,(H,23,24,25);1-8,11H,9-10,12H2,(H,23,24,25). The molecule has 17 heteroatoms. The van der Waals surface area contributed by atoms with Crippen LogP contribution in [-0.4, -0.2) is 62.7 Å². The lowest BCUT2D eigenvalue weighted by atomic mass is 10.1. The summed E-state index contributed by atoms with van der Waals surface area (Å²) >= 11 is 0. The van der Waals surface area contributed by atoms with Crippen molar-refractivity contribution in [3.05, 3.63) is 328 Å². The van der Waals surface area contributed by atoms with Crippen molar-refractivity contribution < 1.29 is 4.39 Å². The number of allylic oxidation sites excluding steroid dienone is 4. The first-order valence-corrected chi connectivity index (χ1v) is 33.7. The highest BCUT2D eigenvalue weighted by Gasteiger charge is 2.18. The van der Waals surface area contributed by atoms with Gasteiger partial charge in [0.05, 0.1) is 66.4 Å². The van der Waals surface area contributed by atoms with Crippen molar-refractivity contribution in [1.82, 2.24) is 39.9 Å². The Morgan fingerprint density at radius 3 is 0.980 bits per heavy atom. The average molecular weight is 1320 g/mol. The Morgan fingerprint density at radius 1 is 0.320 bits per heavy atom. The Morgan fingerprint density at radius 2 is 0.630 bits per heavy atom. The van der Waals surface area contributed by atoms with E-state index in [1.165, 1.54) is 39.9 Å². The third-order valence-corrected chi connectivity index (χ3v) is 17.8. The fraction of sp³-hybridized carbons (Fsp3) is 0.181. The molecule has 0 unspecified atom stereocenters. The summed E-state index contributed by atoms with van der Waals surface area (Å²) < 4.78 is 13.0. The van der Waals surface area contributed by atoms with Gasteiger partial charge >= 0.3 is 0 Å². The topological polar surface area (TPSA) is 232 Å². The molecule has 0 amide bonds. The van der Waals surface area contributed by atoms with Crippen molar-refractivity contribution in [3.63, 3.8) is 0 Å². The third-order valence-electron chi connectivity index (χ3n) is 17.8. The number of rotatable bonds is 16. The highest BCUT2D eigenvalue weighted by Crippen LogP contribution is 2.30. The molecule has 4 aliphatic heterocycles. The first-order valence-electron chi connectivity index (χ1n) is 33.7. The van der Waals surface area contributed by atoms with Gasteiger partial charge in [0.1, 0.15) is 29.1 Å². The van der Waals surface area contributed by atoms with Gasteiger partial charge in [-0.3, -0.25) is 39.1 Å². The number of H-pyrrole nitrogens is 4. The molecule has 0 radical (unpaired) electrons. The molecule has 4 N–H and O–H groups in total. The molecule has 16 nitrogen and oxygen atoms in total. The molecular weight excluding hydrogens is 1250 g/mol. The van der Waals surface area contributed by atoms with E-state index in [0.717, 1.165) is 142 Å². The van der Waals surface area contributed by atoms with E-state index in [0.29, 0.717) is 58.6 Å². The number of fused-ring (bicyclic) bond motifs is 4. The lowest BCUT2D eigenvalue weighted by Crippen LogP contribution is -2.12. The third kappa shape index (κ3) is 16.5. The summed E-state index contributed by atoms with van der Waals surface area (Å²) in [5.41, 5.74) is 19.2. The molecule has 0 saturated carbocycles. The van der Waals surface area contributed by atoms with Gasteiger partial charge in [0.25, 0.3) is 22.2 Å². The molecule has 100 heavy (non-hydrogen) atoms. The molecule has 0 aliphatic carbocycles. The maximum atomic E-state index is 13.0. The van der Waals surface area contributed by atoms with Crippen molar-refractivity contribution in [2.75, 3.05) is 0 Å². The number of nitrogens with zero attached hydrogens (tertiary/aromatic N) is 8. The second-order valence-corrected chi connectivity index (χ2v) is 25.0. The number of nitrogens with one attached hydrogen (secondary N) is 4. The molecule has 8 aromatic carbocycles. The highest BCUT2D eigenvalue weighted by molar-refractivity contribution is 5.98. The van der Waals surface area contributed by atoms with Crippen LogP contribution in [-0.2, 0) is 25.7 Å². The van der Waals surface area contributed by atoms with Crippen LogP contribution in [0.25, 0.3) is 66.4 Å². The highest BCUT2D eigenvalue weighted by atomic mass is 19.1. The number of aromatic amines is 4. The summed E-state index contributed by atoms with van der Waals surface area (Å²) in [5.74, 6) is 2.57. The fourth-order valence-electron chi connectivity index (χ4n) is 12.5. The van der Waals surface area contributed by atoms with Crippen molar-refractivity contribution in [2.45, 2.75) is 97.8 Å². The Labute approximate surface area is 576 Å². The minimum atomic E-state index is -0.252. The molecule has 0 bridgehead atoms. The van der Waals surface area contributed by atoms with Crippen LogP contribution in [0.4, 0.5) is 4.39 Å². The maximum absolute atomic E-state index is 13.0. The number of aliphatic imine (C=N–C) groups is 4. The van der Waals surface area contributed by atoms with Gasteiger partial charge in [-0.05, 0) is 142 Å². The van der Waals surface area contributed by atoms with Gasteiger partial charge in [-0.15, -0.1) is 0 Å². The SMILES string of the molecule is Cc1cccc(C2=CCC(CCc3nc4ccccc4c(=O)[nH]3)=N2)c1.Cc1ccccc1C1=CCC(CCc2nc3ccccc3c(=O)[nH]2)=N1.Cc1ccccc1C1=CCC(CCc2nc3ccccc3c(=O)[nH]2)=N1.O=c1[nH]c(CCC2=NC(c3ccc(F)cc3)=CC2)nc2ccccc12. The number of hydrogen-bond donors (Lipinski definition) is 4. The summed E-state index contributed by atoms with van der Waals surface area (Å²) in [6.45, 7) is 6.30. The normalized spacial score (nSPS) is 13.8. The van der Waals surface area contributed by atoms with Gasteiger partial charge in [0.15, 0.2) is 0 Å². The lowest BCUT2D eigenvalue weighted by molar-refractivity contribution is 0.627. The smallest absolute Gasteiger partial charge is 0.258 e. The molecule has 0 saturated heterocycles. The van der Waals surface area contributed by atoms with Crippen LogP contribution >= 0.6 is 0 Å².